The summed E-state index contributed by atoms with van der Waals surface area (Å²) in [6, 6.07) is 6.69. The third-order valence-electron chi connectivity index (χ3n) is 14.5. The lowest BCUT2D eigenvalue weighted by Gasteiger charge is -2.71. The van der Waals surface area contributed by atoms with Crippen LogP contribution in [0.15, 0.2) is 42.0 Å². The molecule has 0 heterocycles. The van der Waals surface area contributed by atoms with Gasteiger partial charge in [0.15, 0.2) is 0 Å². The van der Waals surface area contributed by atoms with E-state index in [0.29, 0.717) is 31.1 Å². The summed E-state index contributed by atoms with van der Waals surface area (Å²) < 4.78 is 6.25. The molecule has 4 saturated carbocycles. The van der Waals surface area contributed by atoms with Crippen LogP contribution in [-0.2, 0) is 14.3 Å². The quantitative estimate of drug-likeness (QED) is 0.175. The Morgan fingerprint density at radius 3 is 2.29 bits per heavy atom. The summed E-state index contributed by atoms with van der Waals surface area (Å²) in [5, 5.41) is 31.5. The molecule has 0 spiro atoms. The highest BCUT2D eigenvalue weighted by atomic mass is 16.5. The molecule has 8 unspecified atom stereocenters. The van der Waals surface area contributed by atoms with E-state index in [4.69, 9.17) is 4.74 Å². The van der Waals surface area contributed by atoms with Crippen molar-refractivity contribution in [2.75, 3.05) is 6.61 Å². The van der Waals surface area contributed by atoms with Gasteiger partial charge in [-0.3, -0.25) is 4.79 Å². The zero-order valence-electron chi connectivity index (χ0n) is 28.2. The first-order chi connectivity index (χ1) is 21.0. The summed E-state index contributed by atoms with van der Waals surface area (Å²) in [5.74, 6) is -0.232. The maximum absolute atomic E-state index is 13.3. The number of carbonyl (C=O) groups excluding carboxylic acids is 1. The molecule has 1 aromatic rings. The summed E-state index contributed by atoms with van der Waals surface area (Å²) >= 11 is 0. The molecule has 3 N–H and O–H groups in total. The van der Waals surface area contributed by atoms with Gasteiger partial charge in [-0.15, -0.1) is 0 Å². The van der Waals surface area contributed by atoms with Gasteiger partial charge in [-0.2, -0.15) is 0 Å². The maximum atomic E-state index is 13.3. The molecule has 0 aliphatic heterocycles. The number of rotatable bonds is 5. The number of ether oxygens (including phenoxy) is 1. The second-order valence-corrected chi connectivity index (χ2v) is 17.3. The number of phenolic OH excluding ortho intramolecular Hbond substituents is 1. The molecule has 0 radical (unpaired) electrons. The summed E-state index contributed by atoms with van der Waals surface area (Å²) in [7, 11) is 0. The van der Waals surface area contributed by atoms with E-state index in [9.17, 15) is 24.9 Å². The first-order valence-electron chi connectivity index (χ1n) is 17.3. The molecule has 45 heavy (non-hydrogen) atoms. The Morgan fingerprint density at radius 1 is 0.911 bits per heavy atom. The van der Waals surface area contributed by atoms with Crippen LogP contribution >= 0.6 is 0 Å². The lowest BCUT2D eigenvalue weighted by Crippen LogP contribution is -2.66. The molecule has 1 aromatic carbocycles. The monoisotopic (exact) mass is 618 g/mol. The van der Waals surface area contributed by atoms with Crippen molar-refractivity contribution in [2.24, 2.45) is 50.2 Å². The molecule has 8 atom stereocenters. The normalized spacial score (nSPS) is 41.5. The molecular weight excluding hydrogens is 564 g/mol. The van der Waals surface area contributed by atoms with Crippen molar-refractivity contribution in [1.82, 2.24) is 0 Å². The highest BCUT2D eigenvalue weighted by Gasteiger charge is 2.70. The smallest absolute Gasteiger partial charge is 0.330 e. The van der Waals surface area contributed by atoms with Crippen LogP contribution in [0.5, 0.6) is 5.75 Å². The minimum absolute atomic E-state index is 0.0285. The Balaban J connectivity index is 1.41. The molecule has 5 aliphatic carbocycles. The van der Waals surface area contributed by atoms with E-state index in [2.05, 4.69) is 47.6 Å². The number of aliphatic hydroxyl groups excluding tert-OH is 1. The number of hydrogen-bond donors (Lipinski definition) is 3. The number of phenols is 1. The molecule has 6 heteroatoms. The maximum Gasteiger partial charge on any atom is 0.330 e. The van der Waals surface area contributed by atoms with Crippen LogP contribution in [0.25, 0.3) is 6.08 Å². The van der Waals surface area contributed by atoms with Crippen molar-refractivity contribution in [3.63, 3.8) is 0 Å². The van der Waals surface area contributed by atoms with Gasteiger partial charge in [-0.05, 0) is 127 Å². The predicted molar refractivity (Wildman–Crippen MR) is 175 cm³/mol. The van der Waals surface area contributed by atoms with Crippen LogP contribution in [0.2, 0.25) is 0 Å². The zero-order chi connectivity index (χ0) is 32.6. The first-order valence-corrected chi connectivity index (χ1v) is 17.3. The number of carboxylic acids is 1. The van der Waals surface area contributed by atoms with Crippen molar-refractivity contribution in [3.8, 4) is 5.75 Å². The summed E-state index contributed by atoms with van der Waals surface area (Å²) in [6.07, 6.45) is 13.7. The highest BCUT2D eigenvalue weighted by Crippen LogP contribution is 2.76. The van der Waals surface area contributed by atoms with Crippen LogP contribution in [-0.4, -0.2) is 40.0 Å². The lowest BCUT2D eigenvalue weighted by molar-refractivity contribution is -0.217. The third-order valence-corrected chi connectivity index (χ3v) is 14.5. The Labute approximate surface area is 269 Å². The van der Waals surface area contributed by atoms with E-state index in [1.54, 1.807) is 30.3 Å². The van der Waals surface area contributed by atoms with Crippen LogP contribution in [0.3, 0.4) is 0 Å². The Kier molecular flexibility index (Phi) is 7.70. The molecule has 5 aliphatic rings. The van der Waals surface area contributed by atoms with E-state index in [1.807, 2.05) is 0 Å². The van der Waals surface area contributed by atoms with Crippen LogP contribution < -0.4 is 0 Å². The van der Waals surface area contributed by atoms with Crippen molar-refractivity contribution < 1.29 is 29.6 Å². The average Bonchev–Trinajstić information content (AvgIpc) is 2.97. The van der Waals surface area contributed by atoms with E-state index < -0.39 is 22.8 Å². The first kappa shape index (κ1) is 32.3. The number of carbonyl (C=O) groups is 2. The largest absolute Gasteiger partial charge is 0.508 e. The van der Waals surface area contributed by atoms with Crippen molar-refractivity contribution in [2.45, 2.75) is 112 Å². The third kappa shape index (κ3) is 4.83. The Bertz CT molecular complexity index is 1400. The fourth-order valence-corrected chi connectivity index (χ4v) is 11.7. The van der Waals surface area contributed by atoms with Gasteiger partial charge in [-0.1, -0.05) is 65.3 Å². The number of aliphatic carboxylic acids is 1. The summed E-state index contributed by atoms with van der Waals surface area (Å²) in [4.78, 5) is 26.5. The molecule has 0 bridgehead atoms. The van der Waals surface area contributed by atoms with E-state index in [0.717, 1.165) is 50.5 Å². The van der Waals surface area contributed by atoms with E-state index in [1.165, 1.54) is 11.6 Å². The van der Waals surface area contributed by atoms with Gasteiger partial charge in [-0.25, -0.2) is 4.79 Å². The minimum atomic E-state index is -0.769. The van der Waals surface area contributed by atoms with Gasteiger partial charge in [0.2, 0.25) is 0 Å². The number of esters is 1. The van der Waals surface area contributed by atoms with Gasteiger partial charge in [0.25, 0.3) is 0 Å². The zero-order valence-corrected chi connectivity index (χ0v) is 28.2. The predicted octanol–water partition coefficient (Wildman–Crippen LogP) is 8.18. The van der Waals surface area contributed by atoms with Gasteiger partial charge >= 0.3 is 11.9 Å². The fraction of sp³-hybridized carbons (Fsp3) is 0.692. The molecule has 0 aromatic heterocycles. The number of fused-ring (bicyclic) bond motifs is 7. The topological polar surface area (TPSA) is 104 Å². The van der Waals surface area contributed by atoms with E-state index in [-0.39, 0.29) is 46.0 Å². The minimum Gasteiger partial charge on any atom is -0.508 e. The van der Waals surface area contributed by atoms with Crippen LogP contribution in [0.1, 0.15) is 111 Å². The fourth-order valence-electron chi connectivity index (χ4n) is 11.7. The second kappa shape index (κ2) is 10.7. The number of aliphatic hydroxyl groups is 1. The van der Waals surface area contributed by atoms with Crippen molar-refractivity contribution in [1.29, 1.82) is 0 Å². The van der Waals surface area contributed by atoms with E-state index >= 15 is 0 Å². The molecule has 246 valence electrons. The van der Waals surface area contributed by atoms with Gasteiger partial charge in [0.05, 0.1) is 11.5 Å². The Morgan fingerprint density at radius 2 is 1.60 bits per heavy atom. The second-order valence-electron chi connectivity index (χ2n) is 17.3. The molecule has 6 nitrogen and oxygen atoms in total. The molecule has 0 saturated heterocycles. The Hall–Kier alpha value is -2.60. The molecule has 6 rings (SSSR count). The standard InChI is InChI=1S/C39H54O6/c1-34(2)19-20-38(33(43)44)21-22-39(24-45-32(42)14-9-25-7-10-26(40)11-8-25)27(28(38)23-34)12-13-30-36(5)17-16-31(41)35(3,4)29(36)15-18-37(30,39)6/h7-12,14,28-31,40-41H,13,15-24H2,1-6H3,(H,43,44). The highest BCUT2D eigenvalue weighted by molar-refractivity contribution is 5.87. The summed E-state index contributed by atoms with van der Waals surface area (Å²) in [6.45, 7) is 14.2. The van der Waals surface area contributed by atoms with Crippen molar-refractivity contribution >= 4 is 18.0 Å². The lowest BCUT2D eigenvalue weighted by atomic mass is 9.33. The number of benzene rings is 1. The molecule has 4 fully saturated rings. The number of carboxylic acid groups (broad SMARTS) is 1. The van der Waals surface area contributed by atoms with Crippen LogP contribution in [0.4, 0.5) is 0 Å². The van der Waals surface area contributed by atoms with Gasteiger partial charge in [0.1, 0.15) is 12.4 Å². The molecular formula is C39H54O6. The van der Waals surface area contributed by atoms with Crippen molar-refractivity contribution in [3.05, 3.63) is 47.6 Å². The van der Waals surface area contributed by atoms with Gasteiger partial charge in [0, 0.05) is 11.5 Å². The van der Waals surface area contributed by atoms with Crippen LogP contribution in [0, 0.1) is 50.2 Å². The number of hydrogen-bond acceptors (Lipinski definition) is 5. The van der Waals surface area contributed by atoms with Gasteiger partial charge < -0.3 is 20.1 Å². The summed E-state index contributed by atoms with van der Waals surface area (Å²) in [5.41, 5.74) is 0.564. The number of aromatic hydroxyl groups is 1. The molecule has 0 amide bonds. The average molecular weight is 619 g/mol. The number of allylic oxidation sites excluding steroid dienone is 1. The SMILES string of the molecule is CC1(C)CCC2(C(=O)O)CCC3(COC(=O)C=Cc4ccc(O)cc4)C(=CCC4C5(C)CCC(O)C(C)(C)C5CCC43C)C2C1.